The van der Waals surface area contributed by atoms with Gasteiger partial charge in [0.15, 0.2) is 6.10 Å². The lowest BCUT2D eigenvalue weighted by Crippen LogP contribution is -2.37. The Balaban J connectivity index is 1.63. The second kappa shape index (κ2) is 8.15. The zero-order chi connectivity index (χ0) is 23.3. The molecular weight excluding hydrogens is 469 g/mol. The normalized spacial score (nSPS) is 22.1. The average Bonchev–Trinajstić information content (AvgIpc) is 3.30. The Hall–Kier alpha value is -3.46. The Kier molecular flexibility index (Phi) is 5.28. The van der Waals surface area contributed by atoms with Gasteiger partial charge in [-0.15, -0.1) is 0 Å². The quantitative estimate of drug-likeness (QED) is 0.296. The Morgan fingerprint density at radius 3 is 2.30 bits per heavy atom. The van der Waals surface area contributed by atoms with Gasteiger partial charge in [-0.3, -0.25) is 24.5 Å². The summed E-state index contributed by atoms with van der Waals surface area (Å²) in [5.74, 6) is -1.88. The lowest BCUT2D eigenvalue weighted by molar-refractivity contribution is -0.384. The van der Waals surface area contributed by atoms with Gasteiger partial charge in [-0.1, -0.05) is 53.5 Å². The number of nitrogens with zero attached hydrogens (tertiary/aromatic N) is 3. The Bertz CT molecular complexity index is 1290. The monoisotopic (exact) mass is 483 g/mol. The molecule has 2 fully saturated rings. The predicted molar refractivity (Wildman–Crippen MR) is 122 cm³/mol. The number of non-ortho nitro benzene ring substituents is 1. The minimum absolute atomic E-state index is 0.155. The van der Waals surface area contributed by atoms with Gasteiger partial charge < -0.3 is 0 Å². The van der Waals surface area contributed by atoms with E-state index in [0.29, 0.717) is 22.0 Å². The van der Waals surface area contributed by atoms with Gasteiger partial charge in [0.25, 0.3) is 11.6 Å². The molecular formula is C23H15Cl2N3O5. The highest BCUT2D eigenvalue weighted by molar-refractivity contribution is 6.35. The summed E-state index contributed by atoms with van der Waals surface area (Å²) in [7, 11) is 0. The van der Waals surface area contributed by atoms with Crippen LogP contribution in [-0.2, 0) is 14.4 Å². The number of benzene rings is 3. The zero-order valence-corrected chi connectivity index (χ0v) is 18.3. The Labute approximate surface area is 198 Å². The van der Waals surface area contributed by atoms with E-state index in [1.807, 2.05) is 0 Å². The van der Waals surface area contributed by atoms with Crippen LogP contribution < -0.4 is 9.96 Å². The molecule has 0 N–H and O–H groups in total. The Morgan fingerprint density at radius 2 is 1.61 bits per heavy atom. The van der Waals surface area contributed by atoms with Crippen LogP contribution in [0.25, 0.3) is 0 Å². The van der Waals surface area contributed by atoms with E-state index in [1.54, 1.807) is 48.5 Å². The number of halogens is 2. The van der Waals surface area contributed by atoms with Crippen LogP contribution in [-0.4, -0.2) is 22.8 Å². The van der Waals surface area contributed by atoms with Gasteiger partial charge in [0.1, 0.15) is 5.92 Å². The topological polar surface area (TPSA) is 93.0 Å². The summed E-state index contributed by atoms with van der Waals surface area (Å²) in [5.41, 5.74) is 1.11. The van der Waals surface area contributed by atoms with Crippen LogP contribution in [0.15, 0.2) is 72.8 Å². The smallest absolute Gasteiger partial charge is 0.271 e. The molecule has 2 aliphatic rings. The van der Waals surface area contributed by atoms with Crippen LogP contribution in [0, 0.1) is 16.0 Å². The summed E-state index contributed by atoms with van der Waals surface area (Å²) < 4.78 is 0. The van der Waals surface area contributed by atoms with E-state index in [0.717, 1.165) is 4.90 Å². The average molecular weight is 484 g/mol. The number of para-hydroxylation sites is 1. The fourth-order valence-electron chi connectivity index (χ4n) is 4.27. The van der Waals surface area contributed by atoms with Crippen molar-refractivity contribution in [2.45, 2.75) is 12.1 Å². The van der Waals surface area contributed by atoms with Gasteiger partial charge >= 0.3 is 0 Å². The number of carbonyl (C=O) groups excluding carboxylic acids is 2. The molecule has 2 amide bonds. The number of imide groups is 1. The fraction of sp³-hybridized carbons (Fsp3) is 0.130. The summed E-state index contributed by atoms with van der Waals surface area (Å²) in [6.45, 7) is 0. The van der Waals surface area contributed by atoms with Gasteiger partial charge in [-0.2, -0.15) is 0 Å². The van der Waals surface area contributed by atoms with Crippen molar-refractivity contribution in [3.05, 3.63) is 98.5 Å². The molecule has 3 aromatic carbocycles. The van der Waals surface area contributed by atoms with Crippen molar-refractivity contribution >= 4 is 52.1 Å². The fourth-order valence-corrected chi connectivity index (χ4v) is 4.79. The number of anilines is 2. The largest absolute Gasteiger partial charge is 0.273 e. The molecule has 166 valence electrons. The highest BCUT2D eigenvalue weighted by atomic mass is 35.5. The maximum absolute atomic E-state index is 13.5. The highest BCUT2D eigenvalue weighted by Gasteiger charge is 2.60. The number of hydrogen-bond acceptors (Lipinski definition) is 6. The van der Waals surface area contributed by atoms with Gasteiger partial charge in [-0.05, 0) is 35.9 Å². The molecule has 3 atom stereocenters. The van der Waals surface area contributed by atoms with Gasteiger partial charge in [0, 0.05) is 22.2 Å². The third kappa shape index (κ3) is 3.52. The second-order valence-corrected chi connectivity index (χ2v) is 8.46. The number of nitro benzene ring substituents is 1. The first-order valence-electron chi connectivity index (χ1n) is 9.95. The number of hydroxylamine groups is 1. The molecule has 10 heteroatoms. The molecule has 2 aliphatic heterocycles. The number of rotatable bonds is 4. The first-order chi connectivity index (χ1) is 15.9. The predicted octanol–water partition coefficient (Wildman–Crippen LogP) is 4.95. The van der Waals surface area contributed by atoms with Crippen molar-refractivity contribution in [2.75, 3.05) is 9.96 Å². The molecule has 0 aromatic heterocycles. The van der Waals surface area contributed by atoms with Crippen LogP contribution in [0.5, 0.6) is 0 Å². The molecule has 0 radical (unpaired) electrons. The van der Waals surface area contributed by atoms with E-state index in [9.17, 15) is 19.7 Å². The minimum atomic E-state index is -1.12. The Morgan fingerprint density at radius 1 is 0.879 bits per heavy atom. The standard InChI is InChI=1S/C23H15Cl2N3O5/c24-13-9-10-17(18(25)11-13)20-19-21(23(30)26(22(19)29)14-5-2-1-3-6-14)33-27(20)15-7-4-8-16(12-15)28(31)32/h1-12,19-21H/t19-,20-,21-/m0/s1. The molecule has 2 saturated heterocycles. The van der Waals surface area contributed by atoms with Crippen molar-refractivity contribution < 1.29 is 19.3 Å². The highest BCUT2D eigenvalue weighted by Crippen LogP contribution is 2.49. The van der Waals surface area contributed by atoms with Crippen LogP contribution in [0.4, 0.5) is 17.1 Å². The molecule has 3 aromatic rings. The molecule has 0 bridgehead atoms. The van der Waals surface area contributed by atoms with E-state index in [-0.39, 0.29) is 10.7 Å². The first-order valence-corrected chi connectivity index (χ1v) is 10.7. The molecule has 8 nitrogen and oxygen atoms in total. The number of hydrogen-bond donors (Lipinski definition) is 0. The summed E-state index contributed by atoms with van der Waals surface area (Å²) >= 11 is 12.6. The van der Waals surface area contributed by atoms with E-state index in [2.05, 4.69) is 0 Å². The van der Waals surface area contributed by atoms with Crippen LogP contribution in [0.2, 0.25) is 10.0 Å². The molecule has 33 heavy (non-hydrogen) atoms. The summed E-state index contributed by atoms with van der Waals surface area (Å²) in [6, 6.07) is 18.4. The number of amides is 2. The van der Waals surface area contributed by atoms with Crippen molar-refractivity contribution in [3.63, 3.8) is 0 Å². The zero-order valence-electron chi connectivity index (χ0n) is 16.8. The van der Waals surface area contributed by atoms with E-state index >= 15 is 0 Å². The third-order valence-electron chi connectivity index (χ3n) is 5.71. The van der Waals surface area contributed by atoms with Gasteiger partial charge in [-0.25, -0.2) is 9.96 Å². The number of nitro groups is 1. The number of fused-ring (bicyclic) bond motifs is 1. The van der Waals surface area contributed by atoms with E-state index < -0.39 is 34.8 Å². The van der Waals surface area contributed by atoms with Crippen molar-refractivity contribution in [2.24, 2.45) is 5.92 Å². The maximum atomic E-state index is 13.5. The van der Waals surface area contributed by atoms with E-state index in [4.69, 9.17) is 28.0 Å². The molecule has 0 aliphatic carbocycles. The van der Waals surface area contributed by atoms with Crippen molar-refractivity contribution in [1.82, 2.24) is 0 Å². The molecule has 5 rings (SSSR count). The summed E-state index contributed by atoms with van der Waals surface area (Å²) in [5, 5.41) is 13.3. The lowest BCUT2D eigenvalue weighted by atomic mass is 9.90. The second-order valence-electron chi connectivity index (χ2n) is 7.61. The van der Waals surface area contributed by atoms with Crippen LogP contribution in [0.3, 0.4) is 0 Å². The molecule has 0 saturated carbocycles. The van der Waals surface area contributed by atoms with Gasteiger partial charge in [0.05, 0.1) is 22.3 Å². The van der Waals surface area contributed by atoms with Crippen molar-refractivity contribution in [1.29, 1.82) is 0 Å². The lowest BCUT2D eigenvalue weighted by Gasteiger charge is -2.29. The minimum Gasteiger partial charge on any atom is -0.273 e. The number of carbonyl (C=O) groups is 2. The van der Waals surface area contributed by atoms with Crippen LogP contribution >= 0.6 is 23.2 Å². The van der Waals surface area contributed by atoms with Gasteiger partial charge in [0.2, 0.25) is 5.91 Å². The van der Waals surface area contributed by atoms with E-state index in [1.165, 1.54) is 29.3 Å². The molecule has 0 spiro atoms. The van der Waals surface area contributed by atoms with Crippen molar-refractivity contribution in [3.8, 4) is 0 Å². The van der Waals surface area contributed by atoms with Crippen LogP contribution in [0.1, 0.15) is 11.6 Å². The molecule has 2 heterocycles. The SMILES string of the molecule is O=C1[C@@H]2[C@H](ON(c3cccc([N+](=O)[O-])c3)[C@H]2c2ccc(Cl)cc2Cl)C(=O)N1c1ccccc1. The first kappa shape index (κ1) is 21.4. The summed E-state index contributed by atoms with van der Waals surface area (Å²) in [6.07, 6.45) is -1.12. The molecule has 0 unspecified atom stereocenters. The summed E-state index contributed by atoms with van der Waals surface area (Å²) in [4.78, 5) is 44.7. The third-order valence-corrected chi connectivity index (χ3v) is 6.27. The maximum Gasteiger partial charge on any atom is 0.271 e.